The van der Waals surface area contributed by atoms with Crippen LogP contribution in [0.1, 0.15) is 52.4 Å². The van der Waals surface area contributed by atoms with Crippen LogP contribution < -0.4 is 26.3 Å². The van der Waals surface area contributed by atoms with E-state index in [0.29, 0.717) is 58.4 Å². The van der Waals surface area contributed by atoms with Crippen molar-refractivity contribution in [2.24, 2.45) is 17.8 Å². The van der Waals surface area contributed by atoms with E-state index in [1.165, 1.54) is 0 Å². The molecule has 0 bridgehead atoms. The van der Waals surface area contributed by atoms with Gasteiger partial charge in [0.1, 0.15) is 6.04 Å². The summed E-state index contributed by atoms with van der Waals surface area (Å²) >= 11 is 0. The van der Waals surface area contributed by atoms with Gasteiger partial charge < -0.3 is 30.5 Å². The second-order valence-corrected chi connectivity index (χ2v) is 11.5. The summed E-state index contributed by atoms with van der Waals surface area (Å²) in [5.41, 5.74) is 2.76. The van der Waals surface area contributed by atoms with Crippen LogP contribution >= 0.6 is 0 Å². The molecule has 13 heteroatoms. The summed E-state index contributed by atoms with van der Waals surface area (Å²) in [5.74, 6) is -3.57. The number of alkyl carbamates (subject to hydrolysis) is 1. The molecule has 0 aliphatic carbocycles. The minimum absolute atomic E-state index is 0.0427. The molecule has 0 spiro atoms. The highest BCUT2D eigenvalue weighted by Crippen LogP contribution is 2.26. The van der Waals surface area contributed by atoms with E-state index >= 15 is 0 Å². The minimum Gasteiger partial charge on any atom is -0.450 e. The lowest BCUT2D eigenvalue weighted by Gasteiger charge is -2.36. The summed E-state index contributed by atoms with van der Waals surface area (Å²) in [6.07, 6.45) is 1.57. The summed E-state index contributed by atoms with van der Waals surface area (Å²) in [7, 11) is 0. The molecular weight excluding hydrogens is 556 g/mol. The van der Waals surface area contributed by atoms with Gasteiger partial charge in [0.15, 0.2) is 0 Å². The van der Waals surface area contributed by atoms with Crippen LogP contribution in [0.3, 0.4) is 0 Å². The summed E-state index contributed by atoms with van der Waals surface area (Å²) in [5, 5.41) is 17.6. The Morgan fingerprint density at radius 1 is 1.00 bits per heavy atom. The third kappa shape index (κ3) is 10.7. The molecule has 3 rings (SSSR count). The van der Waals surface area contributed by atoms with Gasteiger partial charge in [-0.15, -0.1) is 0 Å². The molecule has 1 aromatic carbocycles. The number of para-hydroxylation sites is 1. The number of anilines is 1. The van der Waals surface area contributed by atoms with Crippen molar-refractivity contribution in [2.45, 2.75) is 58.4 Å². The molecule has 5 N–H and O–H groups in total. The van der Waals surface area contributed by atoms with Crippen molar-refractivity contribution in [1.29, 1.82) is 0 Å². The molecule has 43 heavy (non-hydrogen) atoms. The molecule has 1 aromatic rings. The van der Waals surface area contributed by atoms with E-state index in [-0.39, 0.29) is 37.8 Å². The molecule has 2 fully saturated rings. The van der Waals surface area contributed by atoms with Gasteiger partial charge in [0.2, 0.25) is 23.6 Å². The molecule has 2 aliphatic rings. The van der Waals surface area contributed by atoms with Crippen LogP contribution in [-0.4, -0.2) is 91.7 Å². The van der Waals surface area contributed by atoms with Crippen molar-refractivity contribution < 1.29 is 33.9 Å². The molecule has 2 heterocycles. The molecule has 0 saturated carbocycles. The van der Waals surface area contributed by atoms with Gasteiger partial charge in [-0.05, 0) is 56.6 Å². The monoisotopic (exact) mass is 602 g/mol. The van der Waals surface area contributed by atoms with Crippen molar-refractivity contribution in [3.8, 4) is 0 Å². The predicted octanol–water partition coefficient (Wildman–Crippen LogP) is 1.41. The van der Waals surface area contributed by atoms with Gasteiger partial charge in [-0.3, -0.25) is 24.4 Å². The number of benzene rings is 1. The van der Waals surface area contributed by atoms with Gasteiger partial charge in [0.25, 0.3) is 0 Å². The highest BCUT2D eigenvalue weighted by atomic mass is 16.5. The first kappa shape index (κ1) is 33.6. The SMILES string of the molecule is CC(C)CC1C(=O)NC(C(=O)NCC(=O)N2CCN(c3ccccc3)CC2)CCCCNC(=O)OCCC[C@@H]1C(=O)NO. The number of carbonyl (C=O) groups is 5. The van der Waals surface area contributed by atoms with Crippen molar-refractivity contribution >= 4 is 35.4 Å². The maximum Gasteiger partial charge on any atom is 0.407 e. The number of hydrogen-bond acceptors (Lipinski definition) is 8. The van der Waals surface area contributed by atoms with Gasteiger partial charge in [-0.1, -0.05) is 32.0 Å². The molecule has 238 valence electrons. The fraction of sp³-hybridized carbons (Fsp3) is 0.633. The van der Waals surface area contributed by atoms with E-state index in [2.05, 4.69) is 20.9 Å². The average molecular weight is 603 g/mol. The first-order chi connectivity index (χ1) is 20.7. The predicted molar refractivity (Wildman–Crippen MR) is 159 cm³/mol. The Balaban J connectivity index is 1.65. The second-order valence-electron chi connectivity index (χ2n) is 11.5. The Morgan fingerprint density at radius 2 is 1.72 bits per heavy atom. The summed E-state index contributed by atoms with van der Waals surface area (Å²) in [6.45, 7) is 6.45. The molecular formula is C30H46N6O7. The Hall–Kier alpha value is -3.87. The van der Waals surface area contributed by atoms with Crippen molar-refractivity contribution in [3.63, 3.8) is 0 Å². The zero-order valence-corrected chi connectivity index (χ0v) is 25.2. The Labute approximate surface area is 253 Å². The lowest BCUT2D eigenvalue weighted by atomic mass is 9.81. The second kappa shape index (κ2) is 17.3. The van der Waals surface area contributed by atoms with Crippen LogP contribution in [0.4, 0.5) is 10.5 Å². The lowest BCUT2D eigenvalue weighted by molar-refractivity contribution is -0.142. The van der Waals surface area contributed by atoms with E-state index in [4.69, 9.17) is 4.74 Å². The number of cyclic esters (lactones) is 1. The fourth-order valence-electron chi connectivity index (χ4n) is 5.54. The molecule has 2 unspecified atom stereocenters. The van der Waals surface area contributed by atoms with E-state index in [1.807, 2.05) is 44.2 Å². The van der Waals surface area contributed by atoms with Crippen molar-refractivity contribution in [3.05, 3.63) is 30.3 Å². The largest absolute Gasteiger partial charge is 0.450 e. The van der Waals surface area contributed by atoms with Gasteiger partial charge in [-0.2, -0.15) is 0 Å². The third-order valence-electron chi connectivity index (χ3n) is 7.88. The molecule has 3 atom stereocenters. The topological polar surface area (TPSA) is 169 Å². The van der Waals surface area contributed by atoms with Crippen LogP contribution in [0.2, 0.25) is 0 Å². The molecule has 2 aliphatic heterocycles. The first-order valence-corrected chi connectivity index (χ1v) is 15.2. The van der Waals surface area contributed by atoms with Gasteiger partial charge in [0, 0.05) is 44.3 Å². The minimum atomic E-state index is -0.945. The molecule has 5 amide bonds. The first-order valence-electron chi connectivity index (χ1n) is 15.2. The Kier molecular flexibility index (Phi) is 13.5. The number of nitrogens with zero attached hydrogens (tertiary/aromatic N) is 2. The quantitative estimate of drug-likeness (QED) is 0.231. The normalized spacial score (nSPS) is 22.7. The molecule has 0 radical (unpaired) electrons. The zero-order chi connectivity index (χ0) is 31.2. The van der Waals surface area contributed by atoms with Crippen molar-refractivity contribution in [1.82, 2.24) is 26.3 Å². The van der Waals surface area contributed by atoms with E-state index in [9.17, 15) is 29.2 Å². The smallest absolute Gasteiger partial charge is 0.407 e. The summed E-state index contributed by atoms with van der Waals surface area (Å²) in [4.78, 5) is 68.4. The van der Waals surface area contributed by atoms with E-state index in [0.717, 1.165) is 5.69 Å². The number of hydrogen-bond donors (Lipinski definition) is 5. The number of rotatable bonds is 7. The van der Waals surface area contributed by atoms with Gasteiger partial charge in [-0.25, -0.2) is 10.3 Å². The van der Waals surface area contributed by atoms with Gasteiger partial charge >= 0.3 is 6.09 Å². The Bertz CT molecular complexity index is 1080. The maximum absolute atomic E-state index is 13.6. The summed E-state index contributed by atoms with van der Waals surface area (Å²) < 4.78 is 5.17. The molecule has 0 aromatic heterocycles. The Morgan fingerprint density at radius 3 is 2.40 bits per heavy atom. The van der Waals surface area contributed by atoms with Crippen LogP contribution in [0.15, 0.2) is 30.3 Å². The van der Waals surface area contributed by atoms with Crippen molar-refractivity contribution in [2.75, 3.05) is 50.8 Å². The van der Waals surface area contributed by atoms with E-state index < -0.39 is 41.7 Å². The number of nitrogens with one attached hydrogen (secondary N) is 4. The highest BCUT2D eigenvalue weighted by Gasteiger charge is 2.36. The van der Waals surface area contributed by atoms with Crippen LogP contribution in [-0.2, 0) is 23.9 Å². The van der Waals surface area contributed by atoms with Crippen LogP contribution in [0.25, 0.3) is 0 Å². The fourth-order valence-corrected chi connectivity index (χ4v) is 5.54. The average Bonchev–Trinajstić information content (AvgIpc) is 3.01. The third-order valence-corrected chi connectivity index (χ3v) is 7.88. The molecule has 13 nitrogen and oxygen atoms in total. The maximum atomic E-state index is 13.6. The number of amides is 5. The molecule has 2 saturated heterocycles. The number of piperazine rings is 1. The van der Waals surface area contributed by atoms with Crippen LogP contribution in [0.5, 0.6) is 0 Å². The number of ether oxygens (including phenoxy) is 1. The number of hydroxylamine groups is 1. The summed E-state index contributed by atoms with van der Waals surface area (Å²) in [6, 6.07) is 9.04. The standard InChI is InChI=1S/C30H46N6O7/c1-21(2)19-24-23(28(39)34-42)11-8-18-43-30(41)31-13-7-6-12-25(33-27(24)38)29(40)32-20-26(37)36-16-14-35(15-17-36)22-9-4-3-5-10-22/h3-5,9-10,21,23-25,42H,6-8,11-20H2,1-2H3,(H,31,41)(H,32,40)(H,33,38)(H,34,39)/t23-,24?,25?/m0/s1. The zero-order valence-electron chi connectivity index (χ0n) is 25.2. The van der Waals surface area contributed by atoms with Crippen LogP contribution in [0, 0.1) is 17.8 Å². The highest BCUT2D eigenvalue weighted by molar-refractivity contribution is 5.93. The van der Waals surface area contributed by atoms with E-state index in [1.54, 1.807) is 10.4 Å². The number of carbonyl (C=O) groups excluding carboxylic acids is 5. The lowest BCUT2D eigenvalue weighted by Crippen LogP contribution is -2.54. The van der Waals surface area contributed by atoms with Gasteiger partial charge in [0.05, 0.1) is 19.1 Å².